The van der Waals surface area contributed by atoms with Crippen LogP contribution in [0.3, 0.4) is 0 Å². The Morgan fingerprint density at radius 1 is 1.00 bits per heavy atom. The monoisotopic (exact) mass is 448 g/mol. The van der Waals surface area contributed by atoms with E-state index >= 15 is 0 Å². The quantitative estimate of drug-likeness (QED) is 0.471. The first kappa shape index (κ1) is 23.0. The van der Waals surface area contributed by atoms with Crippen LogP contribution in [0.1, 0.15) is 19.4 Å². The molecule has 166 valence electrons. The van der Waals surface area contributed by atoms with Gasteiger partial charge in [0.2, 0.25) is 0 Å². The molecule has 0 N–H and O–H groups in total. The fraction of sp³-hybridized carbons (Fsp3) is 0.500. The van der Waals surface area contributed by atoms with Crippen LogP contribution in [0.15, 0.2) is 42.5 Å². The summed E-state index contributed by atoms with van der Waals surface area (Å²) < 4.78 is 81.6. The first-order valence-electron chi connectivity index (χ1n) is 9.21. The predicted octanol–water partition coefficient (Wildman–Crippen LogP) is 3.99. The van der Waals surface area contributed by atoms with Crippen LogP contribution >= 0.6 is 0 Å². The number of halogens is 3. The molecule has 10 heteroatoms. The van der Waals surface area contributed by atoms with Gasteiger partial charge in [0.05, 0.1) is 38.4 Å². The normalized spacial score (nSPS) is 19.1. The van der Waals surface area contributed by atoms with E-state index in [1.54, 1.807) is 13.8 Å². The van der Waals surface area contributed by atoms with Gasteiger partial charge in [-0.3, -0.25) is 4.18 Å². The van der Waals surface area contributed by atoms with Crippen molar-refractivity contribution in [2.45, 2.75) is 31.7 Å². The second kappa shape index (κ2) is 8.43. The lowest BCUT2D eigenvalue weighted by molar-refractivity contribution is -0.296. The molecule has 1 aliphatic rings. The molecule has 2 aromatic rings. The van der Waals surface area contributed by atoms with Crippen LogP contribution in [0, 0.1) is 5.41 Å². The Balaban J connectivity index is 1.67. The standard InChI is InChI=1S/C20H23F3O6S/c1-18(2)27-12-19(13-28-18,14-29-30(24,25)20(21,22)23)11-26-10-15-7-8-16-5-3-4-6-17(16)9-15/h3-9H,10-14H2,1-2H3. The number of fused-ring (bicyclic) bond motifs is 1. The lowest BCUT2D eigenvalue weighted by Crippen LogP contribution is -2.51. The number of hydrogen-bond acceptors (Lipinski definition) is 6. The summed E-state index contributed by atoms with van der Waals surface area (Å²) in [7, 11) is -5.73. The molecule has 3 rings (SSSR count). The summed E-state index contributed by atoms with van der Waals surface area (Å²) >= 11 is 0. The van der Waals surface area contributed by atoms with Crippen molar-refractivity contribution in [3.05, 3.63) is 48.0 Å². The first-order valence-corrected chi connectivity index (χ1v) is 10.6. The van der Waals surface area contributed by atoms with Gasteiger partial charge in [0.25, 0.3) is 0 Å². The van der Waals surface area contributed by atoms with Crippen molar-refractivity contribution < 1.29 is 40.0 Å². The fourth-order valence-corrected chi connectivity index (χ4v) is 3.47. The molecule has 0 unspecified atom stereocenters. The molecule has 6 nitrogen and oxygen atoms in total. The van der Waals surface area contributed by atoms with Gasteiger partial charge in [-0.15, -0.1) is 0 Å². The van der Waals surface area contributed by atoms with Crippen LogP contribution < -0.4 is 0 Å². The Morgan fingerprint density at radius 2 is 1.63 bits per heavy atom. The second-order valence-electron chi connectivity index (χ2n) is 7.81. The highest BCUT2D eigenvalue weighted by molar-refractivity contribution is 7.87. The van der Waals surface area contributed by atoms with Crippen LogP contribution in [-0.4, -0.2) is 46.1 Å². The van der Waals surface area contributed by atoms with Crippen molar-refractivity contribution in [2.24, 2.45) is 5.41 Å². The third kappa shape index (κ3) is 5.50. The molecule has 0 aliphatic carbocycles. The minimum Gasteiger partial charge on any atom is -0.376 e. The fourth-order valence-electron chi connectivity index (χ4n) is 2.93. The van der Waals surface area contributed by atoms with Crippen LogP contribution in [-0.2, 0) is 35.1 Å². The summed E-state index contributed by atoms with van der Waals surface area (Å²) in [6, 6.07) is 13.6. The van der Waals surface area contributed by atoms with Crippen molar-refractivity contribution in [3.8, 4) is 0 Å². The van der Waals surface area contributed by atoms with E-state index in [-0.39, 0.29) is 26.4 Å². The molecule has 0 aromatic heterocycles. The summed E-state index contributed by atoms with van der Waals surface area (Å²) in [6.45, 7) is 2.45. The SMILES string of the molecule is CC1(C)OCC(COCc2ccc3ccccc3c2)(COS(=O)(=O)C(F)(F)F)CO1. The van der Waals surface area contributed by atoms with Crippen LogP contribution in [0.4, 0.5) is 13.2 Å². The van der Waals surface area contributed by atoms with Crippen molar-refractivity contribution in [3.63, 3.8) is 0 Å². The van der Waals surface area contributed by atoms with Crippen LogP contribution in [0.5, 0.6) is 0 Å². The molecule has 0 atom stereocenters. The maximum atomic E-state index is 12.6. The van der Waals surface area contributed by atoms with E-state index in [0.29, 0.717) is 0 Å². The van der Waals surface area contributed by atoms with Crippen molar-refractivity contribution >= 4 is 20.9 Å². The van der Waals surface area contributed by atoms with Crippen molar-refractivity contribution in [1.82, 2.24) is 0 Å². The van der Waals surface area contributed by atoms with Gasteiger partial charge >= 0.3 is 15.6 Å². The summed E-state index contributed by atoms with van der Waals surface area (Å²) in [5.41, 5.74) is -5.84. The van der Waals surface area contributed by atoms with E-state index in [1.807, 2.05) is 42.5 Å². The van der Waals surface area contributed by atoms with Gasteiger partial charge in [-0.05, 0) is 36.2 Å². The average Bonchev–Trinajstić information content (AvgIpc) is 2.68. The van der Waals surface area contributed by atoms with Gasteiger partial charge < -0.3 is 14.2 Å². The molecule has 0 saturated carbocycles. The van der Waals surface area contributed by atoms with Gasteiger partial charge in [-0.1, -0.05) is 36.4 Å². The topological polar surface area (TPSA) is 71.1 Å². The highest BCUT2D eigenvalue weighted by Crippen LogP contribution is 2.33. The van der Waals surface area contributed by atoms with Crippen LogP contribution in [0.25, 0.3) is 10.8 Å². The Kier molecular flexibility index (Phi) is 6.45. The van der Waals surface area contributed by atoms with E-state index in [9.17, 15) is 21.6 Å². The summed E-state index contributed by atoms with van der Waals surface area (Å²) in [5.74, 6) is -0.940. The molecule has 0 bridgehead atoms. The molecule has 30 heavy (non-hydrogen) atoms. The maximum absolute atomic E-state index is 12.6. The summed E-state index contributed by atoms with van der Waals surface area (Å²) in [5, 5.41) is 2.10. The van der Waals surface area contributed by atoms with Gasteiger partial charge in [0, 0.05) is 0 Å². The van der Waals surface area contributed by atoms with Gasteiger partial charge in [-0.25, -0.2) is 0 Å². The van der Waals surface area contributed by atoms with Crippen LogP contribution in [0.2, 0.25) is 0 Å². The smallest absolute Gasteiger partial charge is 0.376 e. The minimum atomic E-state index is -5.73. The Morgan fingerprint density at radius 3 is 2.27 bits per heavy atom. The van der Waals surface area contributed by atoms with E-state index in [2.05, 4.69) is 4.18 Å². The molecule has 1 heterocycles. The zero-order valence-electron chi connectivity index (χ0n) is 16.6. The summed E-state index contributed by atoms with van der Waals surface area (Å²) in [4.78, 5) is 0. The number of rotatable bonds is 7. The molecular weight excluding hydrogens is 425 g/mol. The number of alkyl halides is 3. The molecule has 0 spiro atoms. The van der Waals surface area contributed by atoms with Crippen molar-refractivity contribution in [1.29, 1.82) is 0 Å². The molecule has 1 saturated heterocycles. The largest absolute Gasteiger partial charge is 0.523 e. The molecule has 1 aliphatic heterocycles. The van der Waals surface area contributed by atoms with E-state index in [1.165, 1.54) is 0 Å². The summed E-state index contributed by atoms with van der Waals surface area (Å²) in [6.07, 6.45) is 0. The zero-order chi connectivity index (χ0) is 22.0. The molecular formula is C20H23F3O6S. The Hall–Kier alpha value is -1.72. The Bertz CT molecular complexity index is 977. The Labute approximate surface area is 173 Å². The number of hydrogen-bond donors (Lipinski definition) is 0. The third-order valence-electron chi connectivity index (χ3n) is 4.75. The number of benzene rings is 2. The third-order valence-corrected chi connectivity index (χ3v) is 5.74. The minimum absolute atomic E-state index is 0.0783. The van der Waals surface area contributed by atoms with Gasteiger partial charge in [0.15, 0.2) is 5.79 Å². The van der Waals surface area contributed by atoms with Crippen molar-refractivity contribution in [2.75, 3.05) is 26.4 Å². The predicted molar refractivity (Wildman–Crippen MR) is 103 cm³/mol. The maximum Gasteiger partial charge on any atom is 0.523 e. The molecule has 2 aromatic carbocycles. The first-order chi connectivity index (χ1) is 13.9. The zero-order valence-corrected chi connectivity index (χ0v) is 17.4. The highest BCUT2D eigenvalue weighted by atomic mass is 32.2. The molecule has 0 radical (unpaired) electrons. The highest BCUT2D eigenvalue weighted by Gasteiger charge is 2.50. The van der Waals surface area contributed by atoms with E-state index in [0.717, 1.165) is 16.3 Å². The molecule has 1 fully saturated rings. The number of ether oxygens (including phenoxy) is 3. The average molecular weight is 448 g/mol. The second-order valence-corrected chi connectivity index (χ2v) is 9.42. The van der Waals surface area contributed by atoms with Gasteiger partial charge in [0.1, 0.15) is 0 Å². The van der Waals surface area contributed by atoms with E-state index < -0.39 is 33.4 Å². The molecule has 0 amide bonds. The van der Waals surface area contributed by atoms with Gasteiger partial charge in [-0.2, -0.15) is 21.6 Å². The lowest BCUT2D eigenvalue weighted by atomic mass is 9.91. The lowest BCUT2D eigenvalue weighted by Gasteiger charge is -2.42. The van der Waals surface area contributed by atoms with E-state index in [4.69, 9.17) is 14.2 Å².